The Bertz CT molecular complexity index is 361. The van der Waals surface area contributed by atoms with Gasteiger partial charge in [-0.3, -0.25) is 0 Å². The first kappa shape index (κ1) is 29.0. The van der Waals surface area contributed by atoms with E-state index in [1.54, 1.807) is 0 Å². The van der Waals surface area contributed by atoms with E-state index in [1.165, 1.54) is 32.1 Å². The molecule has 29 heavy (non-hydrogen) atoms. The third-order valence-electron chi connectivity index (χ3n) is 7.57. The van der Waals surface area contributed by atoms with Crippen molar-refractivity contribution < 1.29 is 4.74 Å². The van der Waals surface area contributed by atoms with E-state index in [-0.39, 0.29) is 7.43 Å². The van der Waals surface area contributed by atoms with Crippen LogP contribution in [0.25, 0.3) is 0 Å². The summed E-state index contributed by atoms with van der Waals surface area (Å²) in [4.78, 5) is 0. The summed E-state index contributed by atoms with van der Waals surface area (Å²) in [6.07, 6.45) is 7.03. The summed E-state index contributed by atoms with van der Waals surface area (Å²) < 4.78 is 5.63. The normalized spacial score (nSPS) is 29.4. The van der Waals surface area contributed by atoms with Crippen LogP contribution in [-0.2, 0) is 4.74 Å². The van der Waals surface area contributed by atoms with Gasteiger partial charge in [0.05, 0.1) is 6.61 Å². The van der Waals surface area contributed by atoms with Crippen molar-refractivity contribution in [1.82, 2.24) is 0 Å². The summed E-state index contributed by atoms with van der Waals surface area (Å²) in [6, 6.07) is 0. The molecule has 1 saturated carbocycles. The Hall–Kier alpha value is -0.0400. The average molecular weight is 411 g/mol. The monoisotopic (exact) mass is 410 g/mol. The lowest BCUT2D eigenvalue weighted by Gasteiger charge is -2.46. The Labute approximate surface area is 186 Å². The third-order valence-corrected chi connectivity index (χ3v) is 7.57. The van der Waals surface area contributed by atoms with Gasteiger partial charge in [0.1, 0.15) is 0 Å². The molecular weight excluding hydrogens is 352 g/mol. The van der Waals surface area contributed by atoms with Crippen molar-refractivity contribution in [2.45, 2.75) is 123 Å². The summed E-state index contributed by atoms with van der Waals surface area (Å²) in [5, 5.41) is 0. The van der Waals surface area contributed by atoms with Crippen molar-refractivity contribution in [3.05, 3.63) is 0 Å². The largest absolute Gasteiger partial charge is 0.381 e. The van der Waals surface area contributed by atoms with E-state index in [0.717, 1.165) is 31.0 Å². The standard InChI is InChI=1S/C14H28.C13H26O.CH4/c1-13(2,3)11-9-7-8-10-12(11)14(4,5)6;1-12(2,3)10-7-8-14-9-11(10)13(4,5)6;/h11-12H,7-10H2,1-6H3;10-11H,7-9H2,1-6H3;1H4. The second kappa shape index (κ2) is 10.5. The molecule has 0 aromatic carbocycles. The topological polar surface area (TPSA) is 9.23 Å². The molecule has 0 amide bonds. The average Bonchev–Trinajstić information content (AvgIpc) is 2.52. The van der Waals surface area contributed by atoms with Gasteiger partial charge >= 0.3 is 0 Å². The molecule has 1 heteroatoms. The third kappa shape index (κ3) is 8.92. The highest BCUT2D eigenvalue weighted by Crippen LogP contribution is 2.49. The highest BCUT2D eigenvalue weighted by atomic mass is 16.5. The zero-order chi connectivity index (χ0) is 22.0. The molecule has 1 aliphatic heterocycles. The number of rotatable bonds is 0. The predicted molar refractivity (Wildman–Crippen MR) is 132 cm³/mol. The molecule has 4 atom stereocenters. The molecule has 176 valence electrons. The maximum absolute atomic E-state index is 5.63. The predicted octanol–water partition coefficient (Wildman–Crippen LogP) is 9.25. The highest BCUT2D eigenvalue weighted by molar-refractivity contribution is 4.90. The van der Waals surface area contributed by atoms with Crippen molar-refractivity contribution >= 4 is 0 Å². The Balaban J connectivity index is 0.000000523. The molecule has 1 saturated heterocycles. The molecule has 1 aliphatic carbocycles. The van der Waals surface area contributed by atoms with Crippen LogP contribution in [-0.4, -0.2) is 13.2 Å². The minimum absolute atomic E-state index is 0. The lowest BCUT2D eigenvalue weighted by molar-refractivity contribution is -0.0656. The van der Waals surface area contributed by atoms with Gasteiger partial charge in [0, 0.05) is 6.61 Å². The molecule has 0 radical (unpaired) electrons. The van der Waals surface area contributed by atoms with Gasteiger partial charge in [-0.1, -0.05) is 103 Å². The van der Waals surface area contributed by atoms with Crippen LogP contribution in [0.15, 0.2) is 0 Å². The second-order valence-electron chi connectivity index (χ2n) is 14.0. The van der Waals surface area contributed by atoms with Crippen LogP contribution < -0.4 is 0 Å². The van der Waals surface area contributed by atoms with E-state index in [4.69, 9.17) is 4.74 Å². The summed E-state index contributed by atoms with van der Waals surface area (Å²) >= 11 is 0. The minimum atomic E-state index is 0. The Kier molecular flexibility index (Phi) is 10.5. The summed E-state index contributed by atoms with van der Waals surface area (Å²) in [5.74, 6) is 3.36. The summed E-state index contributed by atoms with van der Waals surface area (Å²) in [5.41, 5.74) is 1.79. The van der Waals surface area contributed by atoms with E-state index in [1.807, 2.05) is 0 Å². The van der Waals surface area contributed by atoms with E-state index >= 15 is 0 Å². The van der Waals surface area contributed by atoms with Crippen LogP contribution in [0.1, 0.15) is 123 Å². The lowest BCUT2D eigenvalue weighted by Crippen LogP contribution is -2.42. The number of ether oxygens (including phenoxy) is 1. The maximum atomic E-state index is 5.63. The van der Waals surface area contributed by atoms with Crippen LogP contribution in [0.2, 0.25) is 0 Å². The van der Waals surface area contributed by atoms with Crippen molar-refractivity contribution in [2.24, 2.45) is 45.3 Å². The maximum Gasteiger partial charge on any atom is 0.0502 e. The Morgan fingerprint density at radius 3 is 1.07 bits per heavy atom. The van der Waals surface area contributed by atoms with Gasteiger partial charge in [0.15, 0.2) is 0 Å². The fraction of sp³-hybridized carbons (Fsp3) is 1.00. The van der Waals surface area contributed by atoms with Crippen LogP contribution >= 0.6 is 0 Å². The van der Waals surface area contributed by atoms with Gasteiger partial charge in [-0.15, -0.1) is 0 Å². The van der Waals surface area contributed by atoms with E-state index < -0.39 is 0 Å². The fourth-order valence-corrected chi connectivity index (χ4v) is 5.83. The van der Waals surface area contributed by atoms with Gasteiger partial charge in [-0.2, -0.15) is 0 Å². The first-order valence-corrected chi connectivity index (χ1v) is 12.0. The smallest absolute Gasteiger partial charge is 0.0502 e. The number of hydrogen-bond donors (Lipinski definition) is 0. The Morgan fingerprint density at radius 2 is 0.793 bits per heavy atom. The van der Waals surface area contributed by atoms with Gasteiger partial charge < -0.3 is 4.74 Å². The molecule has 0 N–H and O–H groups in total. The second-order valence-corrected chi connectivity index (χ2v) is 14.0. The van der Waals surface area contributed by atoms with Gasteiger partial charge in [0.2, 0.25) is 0 Å². The van der Waals surface area contributed by atoms with Gasteiger partial charge in [-0.05, 0) is 64.6 Å². The molecule has 0 aromatic rings. The highest BCUT2D eigenvalue weighted by Gasteiger charge is 2.41. The summed E-state index contributed by atoms with van der Waals surface area (Å²) in [6.45, 7) is 30.5. The number of hydrogen-bond acceptors (Lipinski definition) is 1. The lowest BCUT2D eigenvalue weighted by atomic mass is 9.59. The molecule has 0 spiro atoms. The molecule has 1 nitrogen and oxygen atoms in total. The molecule has 4 unspecified atom stereocenters. The van der Waals surface area contributed by atoms with Crippen LogP contribution in [0.4, 0.5) is 0 Å². The quantitative estimate of drug-likeness (QED) is 0.386. The van der Waals surface area contributed by atoms with E-state index in [2.05, 4.69) is 83.1 Å². The molecule has 1 heterocycles. The van der Waals surface area contributed by atoms with E-state index in [0.29, 0.717) is 27.6 Å². The molecule has 2 fully saturated rings. The van der Waals surface area contributed by atoms with Gasteiger partial charge in [0.25, 0.3) is 0 Å². The zero-order valence-electron chi connectivity index (χ0n) is 21.7. The molecule has 2 rings (SSSR count). The first-order chi connectivity index (χ1) is 12.5. The molecule has 2 aliphatic rings. The summed E-state index contributed by atoms with van der Waals surface area (Å²) in [7, 11) is 0. The zero-order valence-corrected chi connectivity index (χ0v) is 21.7. The van der Waals surface area contributed by atoms with Gasteiger partial charge in [-0.25, -0.2) is 0 Å². The Morgan fingerprint density at radius 1 is 0.483 bits per heavy atom. The minimum Gasteiger partial charge on any atom is -0.381 e. The fourth-order valence-electron chi connectivity index (χ4n) is 5.83. The van der Waals surface area contributed by atoms with Crippen LogP contribution in [0.3, 0.4) is 0 Å². The van der Waals surface area contributed by atoms with Crippen molar-refractivity contribution in [1.29, 1.82) is 0 Å². The molecular formula is C28H58O. The van der Waals surface area contributed by atoms with Crippen LogP contribution in [0, 0.1) is 45.3 Å². The van der Waals surface area contributed by atoms with Crippen LogP contribution in [0.5, 0.6) is 0 Å². The molecule has 0 aromatic heterocycles. The van der Waals surface area contributed by atoms with Crippen molar-refractivity contribution in [3.8, 4) is 0 Å². The van der Waals surface area contributed by atoms with E-state index in [9.17, 15) is 0 Å². The molecule has 0 bridgehead atoms. The van der Waals surface area contributed by atoms with Crippen molar-refractivity contribution in [3.63, 3.8) is 0 Å². The van der Waals surface area contributed by atoms with Crippen molar-refractivity contribution in [2.75, 3.05) is 13.2 Å². The first-order valence-electron chi connectivity index (χ1n) is 12.0. The SMILES string of the molecule is C.CC(C)(C)C1CCCCC1C(C)(C)C.CC(C)(C)C1CCOCC1C(C)(C)C.